The van der Waals surface area contributed by atoms with Crippen LogP contribution in [0.2, 0.25) is 0 Å². The minimum atomic E-state index is -0.561. The Morgan fingerprint density at radius 3 is 2.71 bits per heavy atom. The predicted molar refractivity (Wildman–Crippen MR) is 126 cm³/mol. The van der Waals surface area contributed by atoms with Crippen LogP contribution in [0.5, 0.6) is 0 Å². The third-order valence-electron chi connectivity index (χ3n) is 5.99. The summed E-state index contributed by atoms with van der Waals surface area (Å²) in [7, 11) is 0. The summed E-state index contributed by atoms with van der Waals surface area (Å²) in [5.41, 5.74) is 7.03. The molecule has 1 fully saturated rings. The molecule has 4 heterocycles. The summed E-state index contributed by atoms with van der Waals surface area (Å²) in [6.07, 6.45) is 6.87. The Balaban J connectivity index is 1.25. The Bertz CT molecular complexity index is 1340. The Labute approximate surface area is 200 Å². The van der Waals surface area contributed by atoms with Crippen molar-refractivity contribution in [1.82, 2.24) is 29.7 Å². The van der Waals surface area contributed by atoms with Gasteiger partial charge < -0.3 is 15.5 Å². The standard InChI is InChI=1S/C23H22N10O2/c24-13-16-2-1-3-17(12-16)19-4-7-27-33(19)23(35)31-10-8-30(9-11-31)22-26-6-5-20(29-22)32-15-18(14-28-32)21(25)34/h1-3,5-7,12,14-15,19H,4,8-11H2,(H2,25,34). The highest BCUT2D eigenvalue weighted by atomic mass is 16.2. The maximum Gasteiger partial charge on any atom is 0.341 e. The second kappa shape index (κ2) is 9.22. The summed E-state index contributed by atoms with van der Waals surface area (Å²) >= 11 is 0. The van der Waals surface area contributed by atoms with Crippen LogP contribution in [0.25, 0.3) is 5.82 Å². The number of hydrazone groups is 1. The molecule has 35 heavy (non-hydrogen) atoms. The summed E-state index contributed by atoms with van der Waals surface area (Å²) in [6.45, 7) is 2.06. The van der Waals surface area contributed by atoms with Crippen molar-refractivity contribution in [2.75, 3.05) is 31.1 Å². The topological polar surface area (TPSA) is 150 Å². The lowest BCUT2D eigenvalue weighted by atomic mass is 10.0. The third-order valence-corrected chi connectivity index (χ3v) is 5.99. The second-order valence-corrected chi connectivity index (χ2v) is 8.14. The molecule has 0 spiro atoms. The van der Waals surface area contributed by atoms with Crippen LogP contribution in [0.15, 0.2) is 54.0 Å². The molecule has 2 aliphatic heterocycles. The van der Waals surface area contributed by atoms with E-state index >= 15 is 0 Å². The van der Waals surface area contributed by atoms with Crippen LogP contribution in [-0.4, -0.2) is 74.0 Å². The molecule has 12 nitrogen and oxygen atoms in total. The number of carbonyl (C=O) groups is 2. The Morgan fingerprint density at radius 2 is 1.97 bits per heavy atom. The monoisotopic (exact) mass is 470 g/mol. The van der Waals surface area contributed by atoms with E-state index in [2.05, 4.69) is 26.2 Å². The van der Waals surface area contributed by atoms with E-state index in [0.717, 1.165) is 5.56 Å². The number of nitriles is 1. The zero-order chi connectivity index (χ0) is 24.4. The van der Waals surface area contributed by atoms with Gasteiger partial charge in [-0.3, -0.25) is 4.79 Å². The molecule has 1 aromatic carbocycles. The van der Waals surface area contributed by atoms with E-state index in [1.54, 1.807) is 35.5 Å². The number of carbonyl (C=O) groups excluding carboxylic acids is 2. The average Bonchev–Trinajstić information content (AvgIpc) is 3.59. The molecule has 2 aromatic heterocycles. The number of hydrogen-bond donors (Lipinski definition) is 1. The van der Waals surface area contributed by atoms with Crippen molar-refractivity contribution in [3.63, 3.8) is 0 Å². The molecule has 3 aromatic rings. The van der Waals surface area contributed by atoms with Gasteiger partial charge in [0.15, 0.2) is 5.82 Å². The van der Waals surface area contributed by atoms with E-state index in [4.69, 9.17) is 5.73 Å². The minimum Gasteiger partial charge on any atom is -0.366 e. The van der Waals surface area contributed by atoms with Gasteiger partial charge >= 0.3 is 6.03 Å². The van der Waals surface area contributed by atoms with E-state index in [1.807, 2.05) is 17.0 Å². The lowest BCUT2D eigenvalue weighted by molar-refractivity contribution is 0.1000. The van der Waals surface area contributed by atoms with Gasteiger partial charge in [-0.15, -0.1) is 0 Å². The highest BCUT2D eigenvalue weighted by molar-refractivity contribution is 5.92. The number of amides is 3. The highest BCUT2D eigenvalue weighted by Gasteiger charge is 2.33. The quantitative estimate of drug-likeness (QED) is 0.604. The molecular weight excluding hydrogens is 448 g/mol. The Hall–Kier alpha value is -4.79. The van der Waals surface area contributed by atoms with Crippen molar-refractivity contribution in [3.8, 4) is 11.9 Å². The van der Waals surface area contributed by atoms with E-state index in [-0.39, 0.29) is 12.1 Å². The number of rotatable bonds is 4. The maximum atomic E-state index is 13.3. The summed E-state index contributed by atoms with van der Waals surface area (Å²) < 4.78 is 1.47. The molecule has 0 saturated carbocycles. The van der Waals surface area contributed by atoms with Gasteiger partial charge in [0.1, 0.15) is 0 Å². The van der Waals surface area contributed by atoms with Crippen LogP contribution in [0.3, 0.4) is 0 Å². The van der Waals surface area contributed by atoms with Crippen LogP contribution < -0.4 is 10.6 Å². The first kappa shape index (κ1) is 22.0. The van der Waals surface area contributed by atoms with E-state index in [0.29, 0.717) is 55.5 Å². The summed E-state index contributed by atoms with van der Waals surface area (Å²) in [6, 6.07) is 10.7. The molecule has 0 bridgehead atoms. The molecule has 176 valence electrons. The van der Waals surface area contributed by atoms with Gasteiger partial charge in [-0.25, -0.2) is 19.5 Å². The summed E-state index contributed by atoms with van der Waals surface area (Å²) in [5.74, 6) is 0.458. The van der Waals surface area contributed by atoms with Crippen molar-refractivity contribution < 1.29 is 9.59 Å². The molecule has 1 atom stereocenters. The number of hydrogen-bond acceptors (Lipinski definition) is 8. The molecule has 12 heteroatoms. The van der Waals surface area contributed by atoms with Gasteiger partial charge in [-0.2, -0.15) is 20.4 Å². The Kier molecular flexibility index (Phi) is 5.80. The number of benzene rings is 1. The number of piperazine rings is 1. The van der Waals surface area contributed by atoms with Crippen molar-refractivity contribution in [3.05, 3.63) is 65.6 Å². The number of nitrogens with zero attached hydrogens (tertiary/aromatic N) is 9. The number of anilines is 1. The molecule has 0 aliphatic carbocycles. The fourth-order valence-corrected chi connectivity index (χ4v) is 4.13. The Morgan fingerprint density at radius 1 is 1.14 bits per heavy atom. The number of primary amides is 1. The molecule has 0 radical (unpaired) electrons. The molecule has 1 unspecified atom stereocenters. The lowest BCUT2D eigenvalue weighted by Gasteiger charge is -2.37. The van der Waals surface area contributed by atoms with Crippen LogP contribution in [0, 0.1) is 11.3 Å². The van der Waals surface area contributed by atoms with Crippen molar-refractivity contribution >= 4 is 24.1 Å². The van der Waals surface area contributed by atoms with Crippen LogP contribution in [0.4, 0.5) is 10.7 Å². The first-order valence-corrected chi connectivity index (χ1v) is 11.1. The van der Waals surface area contributed by atoms with Crippen molar-refractivity contribution in [1.29, 1.82) is 5.26 Å². The van der Waals surface area contributed by atoms with Crippen LogP contribution >= 0.6 is 0 Å². The number of nitrogens with two attached hydrogens (primary N) is 1. The largest absolute Gasteiger partial charge is 0.366 e. The zero-order valence-electron chi connectivity index (χ0n) is 18.7. The van der Waals surface area contributed by atoms with E-state index in [1.165, 1.54) is 22.1 Å². The van der Waals surface area contributed by atoms with Gasteiger partial charge in [0, 0.05) is 57.3 Å². The van der Waals surface area contributed by atoms with Gasteiger partial charge in [0.05, 0.1) is 29.4 Å². The fourth-order valence-electron chi connectivity index (χ4n) is 4.13. The predicted octanol–water partition coefficient (Wildman–Crippen LogP) is 1.31. The first-order valence-electron chi connectivity index (χ1n) is 11.1. The number of urea groups is 1. The average molecular weight is 470 g/mol. The number of aromatic nitrogens is 4. The summed E-state index contributed by atoms with van der Waals surface area (Å²) in [4.78, 5) is 37.3. The third kappa shape index (κ3) is 4.39. The van der Waals surface area contributed by atoms with Gasteiger partial charge in [-0.05, 0) is 17.7 Å². The van der Waals surface area contributed by atoms with Crippen LogP contribution in [0.1, 0.15) is 33.9 Å². The van der Waals surface area contributed by atoms with E-state index < -0.39 is 5.91 Å². The summed E-state index contributed by atoms with van der Waals surface area (Å²) in [5, 5.41) is 19.1. The maximum absolute atomic E-state index is 13.3. The SMILES string of the molecule is N#Cc1cccc(C2CC=NN2C(=O)N2CCN(c3nccc(-n4cc(C(N)=O)cn4)n3)CC2)c1. The molecule has 5 rings (SSSR count). The first-order chi connectivity index (χ1) is 17.0. The molecule has 3 amide bonds. The van der Waals surface area contributed by atoms with Gasteiger partial charge in [0.2, 0.25) is 5.95 Å². The van der Waals surface area contributed by atoms with E-state index in [9.17, 15) is 14.9 Å². The minimum absolute atomic E-state index is 0.170. The van der Waals surface area contributed by atoms with Crippen molar-refractivity contribution in [2.24, 2.45) is 10.8 Å². The van der Waals surface area contributed by atoms with Gasteiger partial charge in [-0.1, -0.05) is 12.1 Å². The molecule has 2 aliphatic rings. The molecular formula is C23H22N10O2. The molecule has 1 saturated heterocycles. The normalized spacial score (nSPS) is 17.5. The van der Waals surface area contributed by atoms with Crippen molar-refractivity contribution in [2.45, 2.75) is 12.5 Å². The zero-order valence-corrected chi connectivity index (χ0v) is 18.7. The second-order valence-electron chi connectivity index (χ2n) is 8.14. The lowest BCUT2D eigenvalue weighted by Crippen LogP contribution is -2.52. The smallest absolute Gasteiger partial charge is 0.341 e. The highest BCUT2D eigenvalue weighted by Crippen LogP contribution is 2.30. The fraction of sp³-hybridized carbons (Fsp3) is 0.261. The molecule has 2 N–H and O–H groups in total. The van der Waals surface area contributed by atoms with Crippen LogP contribution in [-0.2, 0) is 0 Å². The van der Waals surface area contributed by atoms with Gasteiger partial charge in [0.25, 0.3) is 5.91 Å².